The maximum atomic E-state index is 13.0. The van der Waals surface area contributed by atoms with Crippen LogP contribution in [0, 0.1) is 0 Å². The zero-order valence-electron chi connectivity index (χ0n) is 55.3. The normalized spacial score (nSPS) is 12.3. The second-order valence-corrected chi connectivity index (χ2v) is 24.9. The van der Waals surface area contributed by atoms with Crippen LogP contribution in [-0.2, 0) is 28.6 Å². The number of esters is 3. The van der Waals surface area contributed by atoms with E-state index in [0.29, 0.717) is 19.3 Å². The summed E-state index contributed by atoms with van der Waals surface area (Å²) in [6.07, 6.45) is 90.0. The first kappa shape index (κ1) is 79.4. The van der Waals surface area contributed by atoms with Crippen molar-refractivity contribution in [1.82, 2.24) is 0 Å². The van der Waals surface area contributed by atoms with Gasteiger partial charge in [0.25, 0.3) is 0 Å². The minimum Gasteiger partial charge on any atom is -0.462 e. The van der Waals surface area contributed by atoms with Crippen molar-refractivity contribution in [3.8, 4) is 0 Å². The van der Waals surface area contributed by atoms with Crippen molar-refractivity contribution in [2.45, 2.75) is 406 Å². The molecule has 0 aromatic carbocycles. The molecule has 82 heavy (non-hydrogen) atoms. The van der Waals surface area contributed by atoms with Crippen molar-refractivity contribution in [2.75, 3.05) is 13.2 Å². The number of allylic oxidation sites excluding steroid dienone is 8. The van der Waals surface area contributed by atoms with E-state index >= 15 is 0 Å². The summed E-state index contributed by atoms with van der Waals surface area (Å²) in [7, 11) is 0. The number of hydrogen-bond donors (Lipinski definition) is 0. The Morgan fingerprint density at radius 1 is 0.244 bits per heavy atom. The molecule has 0 aromatic rings. The van der Waals surface area contributed by atoms with E-state index in [-0.39, 0.29) is 31.1 Å². The van der Waals surface area contributed by atoms with E-state index in [2.05, 4.69) is 69.4 Å². The van der Waals surface area contributed by atoms with Gasteiger partial charge in [-0.1, -0.05) is 345 Å². The molecule has 1 atom stereocenters. The Kier molecular flexibility index (Phi) is 68.6. The highest BCUT2D eigenvalue weighted by Gasteiger charge is 2.19. The third-order valence-electron chi connectivity index (χ3n) is 16.6. The van der Waals surface area contributed by atoms with Crippen molar-refractivity contribution in [1.29, 1.82) is 0 Å². The van der Waals surface area contributed by atoms with Crippen LogP contribution in [0.2, 0.25) is 0 Å². The second kappa shape index (κ2) is 70.9. The number of ether oxygens (including phenoxy) is 3. The molecule has 0 heterocycles. The van der Waals surface area contributed by atoms with Crippen LogP contribution in [0.25, 0.3) is 0 Å². The number of rotatable bonds is 68. The maximum absolute atomic E-state index is 13.0. The molecule has 0 amide bonds. The molecule has 0 N–H and O–H groups in total. The van der Waals surface area contributed by atoms with Gasteiger partial charge in [-0.3, -0.25) is 14.4 Å². The van der Waals surface area contributed by atoms with E-state index in [9.17, 15) is 14.4 Å². The van der Waals surface area contributed by atoms with E-state index in [1.54, 1.807) is 0 Å². The zero-order valence-corrected chi connectivity index (χ0v) is 55.3. The van der Waals surface area contributed by atoms with Gasteiger partial charge in [0.05, 0.1) is 0 Å². The molecule has 0 saturated heterocycles. The van der Waals surface area contributed by atoms with Gasteiger partial charge in [-0.05, 0) is 83.5 Å². The lowest BCUT2D eigenvalue weighted by atomic mass is 10.0. The van der Waals surface area contributed by atoms with Gasteiger partial charge in [0.1, 0.15) is 13.2 Å². The fourth-order valence-corrected chi connectivity index (χ4v) is 11.0. The highest BCUT2D eigenvalue weighted by Crippen LogP contribution is 2.18. The van der Waals surface area contributed by atoms with Crippen molar-refractivity contribution < 1.29 is 28.6 Å². The van der Waals surface area contributed by atoms with Crippen molar-refractivity contribution in [3.05, 3.63) is 48.6 Å². The number of carbonyl (C=O) groups excluding carboxylic acids is 3. The molecule has 0 fully saturated rings. The summed E-state index contributed by atoms with van der Waals surface area (Å²) in [4.78, 5) is 38.5. The average Bonchev–Trinajstić information content (AvgIpc) is 3.47. The molecule has 0 aromatic heterocycles. The Hall–Kier alpha value is -2.63. The highest BCUT2D eigenvalue weighted by atomic mass is 16.6. The third-order valence-corrected chi connectivity index (χ3v) is 16.6. The first-order valence-electron chi connectivity index (χ1n) is 36.6. The number of hydrogen-bond acceptors (Lipinski definition) is 6. The number of unbranched alkanes of at least 4 members (excludes halogenated alkanes) is 49. The Balaban J connectivity index is 4.30. The first-order chi connectivity index (χ1) is 40.5. The monoisotopic (exact) mass is 1150 g/mol. The highest BCUT2D eigenvalue weighted by molar-refractivity contribution is 5.71. The summed E-state index contributed by atoms with van der Waals surface area (Å²) < 4.78 is 17.0. The summed E-state index contributed by atoms with van der Waals surface area (Å²) >= 11 is 0. The maximum Gasteiger partial charge on any atom is 0.306 e. The molecule has 0 aliphatic heterocycles. The summed E-state index contributed by atoms with van der Waals surface area (Å²) in [6.45, 7) is 6.69. The van der Waals surface area contributed by atoms with Crippen LogP contribution in [-0.4, -0.2) is 37.2 Å². The Bertz CT molecular complexity index is 1410. The molecule has 6 nitrogen and oxygen atoms in total. The van der Waals surface area contributed by atoms with Crippen molar-refractivity contribution >= 4 is 17.9 Å². The van der Waals surface area contributed by atoms with E-state index in [1.807, 2.05) is 0 Å². The second-order valence-electron chi connectivity index (χ2n) is 24.9. The van der Waals surface area contributed by atoms with Gasteiger partial charge >= 0.3 is 17.9 Å². The lowest BCUT2D eigenvalue weighted by Crippen LogP contribution is -2.30. The topological polar surface area (TPSA) is 78.9 Å². The Labute approximate surface area is 511 Å². The summed E-state index contributed by atoms with van der Waals surface area (Å²) in [5, 5.41) is 0. The quantitative estimate of drug-likeness (QED) is 0.0261. The van der Waals surface area contributed by atoms with Gasteiger partial charge in [-0.2, -0.15) is 0 Å². The standard InChI is InChI=1S/C76H140O6/c1-4-7-10-13-16-19-22-25-28-31-33-35-37-38-40-41-43-45-48-51-54-57-60-63-66-69-75(78)81-72-73(71-80-74(77)68-65-62-59-56-53-50-47-30-27-24-21-18-15-12-9-6-3)82-76(79)70-67-64-61-58-55-52-49-46-44-42-39-36-34-32-29-26-23-20-17-14-11-8-5-2/h22,25,30-31,33,37-38,47,73H,4-21,23-24,26-29,32,34-36,39-46,48-72H2,1-3H3/b25-22-,33-31-,38-37-,47-30-. The van der Waals surface area contributed by atoms with E-state index in [1.165, 1.54) is 283 Å². The molecular weight excluding hydrogens is 1010 g/mol. The minimum atomic E-state index is -0.778. The van der Waals surface area contributed by atoms with Crippen LogP contribution in [0.3, 0.4) is 0 Å². The van der Waals surface area contributed by atoms with Gasteiger partial charge in [-0.25, -0.2) is 0 Å². The molecule has 6 heteroatoms. The van der Waals surface area contributed by atoms with Gasteiger partial charge in [0.2, 0.25) is 0 Å². The molecule has 480 valence electrons. The van der Waals surface area contributed by atoms with Crippen LogP contribution in [0.5, 0.6) is 0 Å². The molecule has 0 saturated carbocycles. The minimum absolute atomic E-state index is 0.0736. The van der Waals surface area contributed by atoms with Crippen molar-refractivity contribution in [2.24, 2.45) is 0 Å². The Morgan fingerprint density at radius 2 is 0.439 bits per heavy atom. The molecule has 1 unspecified atom stereocenters. The predicted octanol–water partition coefficient (Wildman–Crippen LogP) is 25.3. The van der Waals surface area contributed by atoms with Gasteiger partial charge in [0.15, 0.2) is 6.10 Å². The predicted molar refractivity (Wildman–Crippen MR) is 358 cm³/mol. The van der Waals surface area contributed by atoms with E-state index in [4.69, 9.17) is 14.2 Å². The SMILES string of the molecule is CCCCCCC/C=C\C/C=C\C/C=C\CCCCCCCCCCCCC(=O)OCC(COC(=O)CCCCCCC/C=C\CCCCCCCCC)OC(=O)CCCCCCCCCCCCCCCCCCCCCCCCC. The summed E-state index contributed by atoms with van der Waals surface area (Å²) in [5.41, 5.74) is 0. The van der Waals surface area contributed by atoms with Gasteiger partial charge in [-0.15, -0.1) is 0 Å². The van der Waals surface area contributed by atoms with Crippen LogP contribution < -0.4 is 0 Å². The number of carbonyl (C=O) groups is 3. The van der Waals surface area contributed by atoms with E-state index < -0.39 is 6.10 Å². The fourth-order valence-electron chi connectivity index (χ4n) is 11.0. The van der Waals surface area contributed by atoms with Gasteiger partial charge < -0.3 is 14.2 Å². The smallest absolute Gasteiger partial charge is 0.306 e. The molecule has 0 spiro atoms. The fraction of sp³-hybridized carbons (Fsp3) is 0.855. The largest absolute Gasteiger partial charge is 0.462 e. The molecule has 0 aliphatic carbocycles. The molecule has 0 rings (SSSR count). The van der Waals surface area contributed by atoms with E-state index in [0.717, 1.165) is 77.0 Å². The summed E-state index contributed by atoms with van der Waals surface area (Å²) in [5.74, 6) is -0.856. The van der Waals surface area contributed by atoms with Gasteiger partial charge in [0, 0.05) is 19.3 Å². The molecule has 0 bridgehead atoms. The van der Waals surface area contributed by atoms with Crippen LogP contribution in [0.4, 0.5) is 0 Å². The lowest BCUT2D eigenvalue weighted by molar-refractivity contribution is -0.167. The van der Waals surface area contributed by atoms with Crippen LogP contribution >= 0.6 is 0 Å². The molecule has 0 aliphatic rings. The average molecular weight is 1150 g/mol. The third kappa shape index (κ3) is 68.2. The summed E-state index contributed by atoms with van der Waals surface area (Å²) in [6, 6.07) is 0. The first-order valence-corrected chi connectivity index (χ1v) is 36.6. The van der Waals surface area contributed by atoms with Crippen LogP contribution in [0.15, 0.2) is 48.6 Å². The van der Waals surface area contributed by atoms with Crippen LogP contribution in [0.1, 0.15) is 400 Å². The van der Waals surface area contributed by atoms with Crippen molar-refractivity contribution in [3.63, 3.8) is 0 Å². The zero-order chi connectivity index (χ0) is 59.2. The molecule has 0 radical (unpaired) electrons. The Morgan fingerprint density at radius 3 is 0.695 bits per heavy atom. The lowest BCUT2D eigenvalue weighted by Gasteiger charge is -2.18. The molecular formula is C76H140O6.